The third-order valence-electron chi connectivity index (χ3n) is 2.34. The Labute approximate surface area is 70.2 Å². The Bertz CT molecular complexity index is 344. The van der Waals surface area contributed by atoms with Gasteiger partial charge in [0.1, 0.15) is 5.82 Å². The zero-order chi connectivity index (χ0) is 8.72. The smallest absolute Gasteiger partial charge is 0.166 e. The predicted octanol–water partition coefficient (Wildman–Crippen LogP) is 2.20. The second-order valence-electron chi connectivity index (χ2n) is 3.24. The molecular formula is C10H9FO. The molecule has 12 heavy (non-hydrogen) atoms. The highest BCUT2D eigenvalue weighted by atomic mass is 19.1. The van der Waals surface area contributed by atoms with Crippen LogP contribution in [-0.4, -0.2) is 5.78 Å². The van der Waals surface area contributed by atoms with Gasteiger partial charge < -0.3 is 0 Å². The van der Waals surface area contributed by atoms with E-state index in [0.29, 0.717) is 17.5 Å². The topological polar surface area (TPSA) is 17.1 Å². The number of benzene rings is 1. The molecule has 0 spiro atoms. The lowest BCUT2D eigenvalue weighted by molar-refractivity contribution is 0.0946. The molecule has 0 bridgehead atoms. The van der Waals surface area contributed by atoms with E-state index in [1.54, 1.807) is 12.1 Å². The van der Waals surface area contributed by atoms with E-state index in [4.69, 9.17) is 0 Å². The second-order valence-corrected chi connectivity index (χ2v) is 3.24. The lowest BCUT2D eigenvalue weighted by Gasteiger charge is -1.96. The fraction of sp³-hybridized carbons (Fsp3) is 0.300. The number of fused-ring (bicyclic) bond motifs is 1. The summed E-state index contributed by atoms with van der Waals surface area (Å²) in [7, 11) is 0. The Morgan fingerprint density at radius 3 is 2.92 bits per heavy atom. The van der Waals surface area contributed by atoms with Gasteiger partial charge in [0, 0.05) is 11.5 Å². The summed E-state index contributed by atoms with van der Waals surface area (Å²) >= 11 is 0. The van der Waals surface area contributed by atoms with Crippen molar-refractivity contribution in [1.82, 2.24) is 0 Å². The first-order chi connectivity index (χ1) is 5.70. The molecule has 1 unspecified atom stereocenters. The van der Waals surface area contributed by atoms with Crippen LogP contribution in [0.3, 0.4) is 0 Å². The van der Waals surface area contributed by atoms with Crippen molar-refractivity contribution in [2.75, 3.05) is 0 Å². The van der Waals surface area contributed by atoms with E-state index in [0.717, 1.165) is 0 Å². The van der Waals surface area contributed by atoms with Crippen LogP contribution in [0.4, 0.5) is 4.39 Å². The predicted molar refractivity (Wildman–Crippen MR) is 43.6 cm³/mol. The molecule has 2 rings (SSSR count). The van der Waals surface area contributed by atoms with Crippen molar-refractivity contribution in [2.24, 2.45) is 5.92 Å². The van der Waals surface area contributed by atoms with E-state index in [1.165, 1.54) is 6.07 Å². The molecule has 1 aromatic rings. The minimum Gasteiger partial charge on any atom is -0.294 e. The van der Waals surface area contributed by atoms with Crippen LogP contribution in [0.25, 0.3) is 0 Å². The zero-order valence-corrected chi connectivity index (χ0v) is 6.80. The Hall–Kier alpha value is -1.18. The van der Waals surface area contributed by atoms with Gasteiger partial charge in [-0.3, -0.25) is 4.79 Å². The monoisotopic (exact) mass is 164 g/mol. The van der Waals surface area contributed by atoms with Crippen molar-refractivity contribution >= 4 is 5.78 Å². The van der Waals surface area contributed by atoms with Crippen LogP contribution in [0.2, 0.25) is 0 Å². The minimum absolute atomic E-state index is 0.0445. The van der Waals surface area contributed by atoms with Crippen LogP contribution in [-0.2, 0) is 6.42 Å². The lowest BCUT2D eigenvalue weighted by Crippen LogP contribution is -2.02. The van der Waals surface area contributed by atoms with E-state index >= 15 is 0 Å². The van der Waals surface area contributed by atoms with Gasteiger partial charge in [0.2, 0.25) is 0 Å². The van der Waals surface area contributed by atoms with E-state index < -0.39 is 0 Å². The number of carbonyl (C=O) groups is 1. The Kier molecular flexibility index (Phi) is 1.50. The van der Waals surface area contributed by atoms with Crippen molar-refractivity contribution in [3.05, 3.63) is 35.1 Å². The fourth-order valence-corrected chi connectivity index (χ4v) is 1.66. The van der Waals surface area contributed by atoms with Gasteiger partial charge in [-0.05, 0) is 18.1 Å². The molecule has 1 nitrogen and oxygen atoms in total. The molecule has 0 aromatic heterocycles. The molecule has 2 heteroatoms. The molecule has 1 aliphatic carbocycles. The number of hydrogen-bond donors (Lipinski definition) is 0. The summed E-state index contributed by atoms with van der Waals surface area (Å²) in [6.07, 6.45) is 0.556. The third-order valence-corrected chi connectivity index (χ3v) is 2.34. The number of ketones is 1. The van der Waals surface area contributed by atoms with Crippen molar-refractivity contribution in [2.45, 2.75) is 13.3 Å². The van der Waals surface area contributed by atoms with Crippen molar-refractivity contribution in [3.8, 4) is 0 Å². The molecule has 0 aliphatic heterocycles. The zero-order valence-electron chi connectivity index (χ0n) is 6.80. The Morgan fingerprint density at radius 2 is 2.25 bits per heavy atom. The fourth-order valence-electron chi connectivity index (χ4n) is 1.66. The van der Waals surface area contributed by atoms with E-state index in [1.807, 2.05) is 6.92 Å². The van der Waals surface area contributed by atoms with Crippen LogP contribution in [0.1, 0.15) is 22.8 Å². The summed E-state index contributed by atoms with van der Waals surface area (Å²) in [4.78, 5) is 11.4. The lowest BCUT2D eigenvalue weighted by atomic mass is 10.1. The van der Waals surface area contributed by atoms with Crippen molar-refractivity contribution in [1.29, 1.82) is 0 Å². The summed E-state index contributed by atoms with van der Waals surface area (Å²) in [6, 6.07) is 4.69. The molecule has 1 atom stereocenters. The summed E-state index contributed by atoms with van der Waals surface area (Å²) in [5.41, 5.74) is 1.16. The minimum atomic E-state index is -0.245. The quantitative estimate of drug-likeness (QED) is 0.574. The normalized spacial score (nSPS) is 21.2. The summed E-state index contributed by atoms with van der Waals surface area (Å²) < 4.78 is 13.1. The Balaban J connectivity index is 2.61. The summed E-state index contributed by atoms with van der Waals surface area (Å²) in [5.74, 6) is -0.216. The first-order valence-electron chi connectivity index (χ1n) is 4.01. The maximum atomic E-state index is 13.1. The average molecular weight is 164 g/mol. The molecule has 62 valence electrons. The highest BCUT2D eigenvalue weighted by Crippen LogP contribution is 2.27. The third kappa shape index (κ3) is 0.876. The maximum Gasteiger partial charge on any atom is 0.166 e. The van der Waals surface area contributed by atoms with Gasteiger partial charge in [-0.25, -0.2) is 4.39 Å². The van der Waals surface area contributed by atoms with Crippen LogP contribution >= 0.6 is 0 Å². The highest BCUT2D eigenvalue weighted by molar-refractivity contribution is 6.01. The van der Waals surface area contributed by atoms with E-state index in [-0.39, 0.29) is 17.5 Å². The van der Waals surface area contributed by atoms with Gasteiger partial charge in [0.25, 0.3) is 0 Å². The van der Waals surface area contributed by atoms with Gasteiger partial charge in [0.15, 0.2) is 5.78 Å². The first kappa shape index (κ1) is 7.47. The molecule has 1 aliphatic rings. The molecule has 0 N–H and O–H groups in total. The number of carbonyl (C=O) groups excluding carboxylic acids is 1. The van der Waals surface area contributed by atoms with Crippen LogP contribution < -0.4 is 0 Å². The number of rotatable bonds is 0. The molecule has 0 saturated carbocycles. The second kappa shape index (κ2) is 2.41. The molecule has 0 fully saturated rings. The van der Waals surface area contributed by atoms with Crippen molar-refractivity contribution < 1.29 is 9.18 Å². The Morgan fingerprint density at radius 1 is 1.50 bits per heavy atom. The molecule has 1 aromatic carbocycles. The van der Waals surface area contributed by atoms with E-state index in [2.05, 4.69) is 0 Å². The van der Waals surface area contributed by atoms with Crippen LogP contribution in [0, 0.1) is 11.7 Å². The van der Waals surface area contributed by atoms with Crippen LogP contribution in [0.15, 0.2) is 18.2 Å². The largest absolute Gasteiger partial charge is 0.294 e. The SMILES string of the molecule is CC1Cc2c(F)cccc2C1=O. The van der Waals surface area contributed by atoms with Crippen LogP contribution in [0.5, 0.6) is 0 Å². The number of halogens is 1. The van der Waals surface area contributed by atoms with Gasteiger partial charge in [-0.15, -0.1) is 0 Å². The summed E-state index contributed by atoms with van der Waals surface area (Å²) in [5, 5.41) is 0. The molecule has 0 amide bonds. The molecule has 0 radical (unpaired) electrons. The van der Waals surface area contributed by atoms with E-state index in [9.17, 15) is 9.18 Å². The number of hydrogen-bond acceptors (Lipinski definition) is 1. The van der Waals surface area contributed by atoms with Gasteiger partial charge in [-0.1, -0.05) is 19.1 Å². The van der Waals surface area contributed by atoms with Gasteiger partial charge in [0.05, 0.1) is 0 Å². The average Bonchev–Trinajstić information content (AvgIpc) is 2.32. The summed E-state index contributed by atoms with van der Waals surface area (Å²) in [6.45, 7) is 1.84. The molecule has 0 heterocycles. The number of Topliss-reactive ketones (excluding diaryl/α,β-unsaturated/α-hetero) is 1. The highest BCUT2D eigenvalue weighted by Gasteiger charge is 2.28. The van der Waals surface area contributed by atoms with Crippen molar-refractivity contribution in [3.63, 3.8) is 0 Å². The van der Waals surface area contributed by atoms with Gasteiger partial charge >= 0.3 is 0 Å². The van der Waals surface area contributed by atoms with Gasteiger partial charge in [-0.2, -0.15) is 0 Å². The maximum absolute atomic E-state index is 13.1. The standard InChI is InChI=1S/C10H9FO/c1-6-5-8-7(10(6)12)3-2-4-9(8)11/h2-4,6H,5H2,1H3. The molecule has 0 saturated heterocycles. The molecular weight excluding hydrogens is 155 g/mol. The first-order valence-corrected chi connectivity index (χ1v) is 4.01.